The molecule has 1 heterocycles. The minimum atomic E-state index is -0.0523. The van der Waals surface area contributed by atoms with E-state index in [4.69, 9.17) is 0 Å². The number of unbranched alkanes of at least 4 members (excludes halogenated alkanes) is 3. The summed E-state index contributed by atoms with van der Waals surface area (Å²) in [5.74, 6) is 0.814. The number of pyridine rings is 1. The molecule has 0 bridgehead atoms. The van der Waals surface area contributed by atoms with Crippen molar-refractivity contribution in [3.8, 4) is 0 Å². The standard InChI is InChI=1S/C11H18N2O/c1-2-3-4-5-9-12-10-7-6-8-11(14)13-10/h6-8H,2-5,9H2,1H3,(H2,12,13,14). The van der Waals surface area contributed by atoms with Crippen LogP contribution >= 0.6 is 0 Å². The largest absolute Gasteiger partial charge is 0.372 e. The lowest BCUT2D eigenvalue weighted by Gasteiger charge is -2.04. The molecule has 0 saturated heterocycles. The Morgan fingerprint density at radius 3 is 2.86 bits per heavy atom. The van der Waals surface area contributed by atoms with E-state index in [0.29, 0.717) is 0 Å². The molecule has 0 radical (unpaired) electrons. The van der Waals surface area contributed by atoms with Crippen LogP contribution in [0, 0.1) is 0 Å². The molecule has 1 aromatic rings. The van der Waals surface area contributed by atoms with Crippen LogP contribution in [-0.4, -0.2) is 11.5 Å². The van der Waals surface area contributed by atoms with E-state index >= 15 is 0 Å². The summed E-state index contributed by atoms with van der Waals surface area (Å²) in [4.78, 5) is 13.7. The van der Waals surface area contributed by atoms with Crippen LogP contribution in [0.4, 0.5) is 5.82 Å². The fourth-order valence-electron chi connectivity index (χ4n) is 1.33. The van der Waals surface area contributed by atoms with Gasteiger partial charge in [0.2, 0.25) is 5.56 Å². The highest BCUT2D eigenvalue weighted by Gasteiger charge is 1.91. The van der Waals surface area contributed by atoms with E-state index in [-0.39, 0.29) is 5.56 Å². The van der Waals surface area contributed by atoms with E-state index in [1.807, 2.05) is 6.07 Å². The highest BCUT2D eigenvalue weighted by molar-refractivity contribution is 5.32. The van der Waals surface area contributed by atoms with Crippen molar-refractivity contribution in [2.45, 2.75) is 32.6 Å². The third-order valence-corrected chi connectivity index (χ3v) is 2.11. The van der Waals surface area contributed by atoms with E-state index in [2.05, 4.69) is 17.2 Å². The van der Waals surface area contributed by atoms with E-state index in [1.165, 1.54) is 25.3 Å². The fraction of sp³-hybridized carbons (Fsp3) is 0.545. The molecule has 0 spiro atoms. The molecule has 0 saturated carbocycles. The molecular weight excluding hydrogens is 176 g/mol. The second-order valence-electron chi connectivity index (χ2n) is 3.42. The number of aromatic nitrogens is 1. The van der Waals surface area contributed by atoms with E-state index < -0.39 is 0 Å². The Hall–Kier alpha value is -1.25. The maximum atomic E-state index is 10.9. The lowest BCUT2D eigenvalue weighted by atomic mass is 10.2. The predicted octanol–water partition coefficient (Wildman–Crippen LogP) is 2.37. The van der Waals surface area contributed by atoms with Gasteiger partial charge in [-0.25, -0.2) is 0 Å². The maximum absolute atomic E-state index is 10.9. The lowest BCUT2D eigenvalue weighted by molar-refractivity contribution is 0.684. The normalized spacial score (nSPS) is 10.1. The van der Waals surface area contributed by atoms with Crippen molar-refractivity contribution in [2.24, 2.45) is 0 Å². The molecule has 0 amide bonds. The number of aromatic amines is 1. The van der Waals surface area contributed by atoms with Gasteiger partial charge in [-0.15, -0.1) is 0 Å². The molecule has 0 fully saturated rings. The summed E-state index contributed by atoms with van der Waals surface area (Å²) in [6.45, 7) is 3.13. The van der Waals surface area contributed by atoms with Crippen LogP contribution in [0.2, 0.25) is 0 Å². The Bertz CT molecular complexity index is 306. The van der Waals surface area contributed by atoms with Crippen LogP contribution in [0.1, 0.15) is 32.6 Å². The zero-order chi connectivity index (χ0) is 10.2. The monoisotopic (exact) mass is 194 g/mol. The second-order valence-corrected chi connectivity index (χ2v) is 3.42. The molecular formula is C11H18N2O. The topological polar surface area (TPSA) is 44.9 Å². The van der Waals surface area contributed by atoms with Gasteiger partial charge in [0.15, 0.2) is 0 Å². The van der Waals surface area contributed by atoms with Gasteiger partial charge in [0.1, 0.15) is 5.82 Å². The molecule has 0 aliphatic heterocycles. The minimum absolute atomic E-state index is 0.0523. The van der Waals surface area contributed by atoms with Gasteiger partial charge in [-0.05, 0) is 12.5 Å². The third kappa shape index (κ3) is 4.12. The van der Waals surface area contributed by atoms with Crippen molar-refractivity contribution in [3.05, 3.63) is 28.6 Å². The van der Waals surface area contributed by atoms with Crippen LogP contribution in [0.3, 0.4) is 0 Å². The van der Waals surface area contributed by atoms with Gasteiger partial charge in [-0.2, -0.15) is 0 Å². The second kappa shape index (κ2) is 6.24. The maximum Gasteiger partial charge on any atom is 0.249 e. The zero-order valence-corrected chi connectivity index (χ0v) is 8.68. The van der Waals surface area contributed by atoms with Crippen LogP contribution in [0.15, 0.2) is 23.0 Å². The minimum Gasteiger partial charge on any atom is -0.372 e. The molecule has 0 aromatic carbocycles. The zero-order valence-electron chi connectivity index (χ0n) is 8.68. The summed E-state index contributed by atoms with van der Waals surface area (Å²) >= 11 is 0. The molecule has 2 N–H and O–H groups in total. The number of nitrogens with one attached hydrogen (secondary N) is 2. The highest BCUT2D eigenvalue weighted by atomic mass is 16.1. The van der Waals surface area contributed by atoms with Gasteiger partial charge in [0.05, 0.1) is 0 Å². The summed E-state index contributed by atoms with van der Waals surface area (Å²) < 4.78 is 0. The number of hydrogen-bond donors (Lipinski definition) is 2. The summed E-state index contributed by atoms with van der Waals surface area (Å²) in [7, 11) is 0. The first-order valence-corrected chi connectivity index (χ1v) is 5.26. The molecule has 14 heavy (non-hydrogen) atoms. The number of rotatable bonds is 6. The van der Waals surface area contributed by atoms with E-state index in [9.17, 15) is 4.79 Å². The molecule has 1 aromatic heterocycles. The highest BCUT2D eigenvalue weighted by Crippen LogP contribution is 2.01. The Morgan fingerprint density at radius 2 is 2.14 bits per heavy atom. The van der Waals surface area contributed by atoms with E-state index in [0.717, 1.165) is 18.8 Å². The number of hydrogen-bond acceptors (Lipinski definition) is 2. The Balaban J connectivity index is 2.21. The van der Waals surface area contributed by atoms with Crippen molar-refractivity contribution < 1.29 is 0 Å². The Labute approximate surface area is 84.6 Å². The average molecular weight is 194 g/mol. The van der Waals surface area contributed by atoms with Crippen LogP contribution in [0.25, 0.3) is 0 Å². The Kier molecular flexibility index (Phi) is 4.83. The van der Waals surface area contributed by atoms with Crippen molar-refractivity contribution in [1.82, 2.24) is 4.98 Å². The fourth-order valence-corrected chi connectivity index (χ4v) is 1.33. The molecule has 3 nitrogen and oxygen atoms in total. The van der Waals surface area contributed by atoms with Crippen molar-refractivity contribution in [1.29, 1.82) is 0 Å². The molecule has 3 heteroatoms. The van der Waals surface area contributed by atoms with Gasteiger partial charge in [0, 0.05) is 12.6 Å². The molecule has 0 aliphatic rings. The molecule has 78 valence electrons. The molecule has 1 rings (SSSR count). The van der Waals surface area contributed by atoms with Crippen LogP contribution in [-0.2, 0) is 0 Å². The summed E-state index contributed by atoms with van der Waals surface area (Å²) in [5, 5.41) is 3.19. The average Bonchev–Trinajstić information content (AvgIpc) is 2.18. The van der Waals surface area contributed by atoms with Crippen molar-refractivity contribution in [2.75, 3.05) is 11.9 Å². The number of H-pyrrole nitrogens is 1. The Morgan fingerprint density at radius 1 is 1.29 bits per heavy atom. The first-order chi connectivity index (χ1) is 6.83. The summed E-state index contributed by atoms with van der Waals surface area (Å²) in [6.07, 6.45) is 4.94. The first kappa shape index (κ1) is 10.8. The molecule has 0 atom stereocenters. The van der Waals surface area contributed by atoms with Crippen molar-refractivity contribution in [3.63, 3.8) is 0 Å². The first-order valence-electron chi connectivity index (χ1n) is 5.26. The SMILES string of the molecule is CCCCCCNc1cccc(=O)[nH]1. The van der Waals surface area contributed by atoms with Gasteiger partial charge in [0.25, 0.3) is 0 Å². The van der Waals surface area contributed by atoms with Gasteiger partial charge in [-0.1, -0.05) is 32.3 Å². The van der Waals surface area contributed by atoms with Crippen LogP contribution < -0.4 is 10.9 Å². The smallest absolute Gasteiger partial charge is 0.249 e. The van der Waals surface area contributed by atoms with Gasteiger partial charge < -0.3 is 10.3 Å². The number of anilines is 1. The van der Waals surface area contributed by atoms with Gasteiger partial charge >= 0.3 is 0 Å². The predicted molar refractivity (Wildman–Crippen MR) is 59.7 cm³/mol. The van der Waals surface area contributed by atoms with Crippen molar-refractivity contribution >= 4 is 5.82 Å². The quantitative estimate of drug-likeness (QED) is 0.683. The molecule has 0 unspecified atom stereocenters. The van der Waals surface area contributed by atoms with E-state index in [1.54, 1.807) is 6.07 Å². The summed E-state index contributed by atoms with van der Waals surface area (Å²) in [5.41, 5.74) is -0.0523. The van der Waals surface area contributed by atoms with Crippen LogP contribution in [0.5, 0.6) is 0 Å². The molecule has 0 aliphatic carbocycles. The third-order valence-electron chi connectivity index (χ3n) is 2.11. The lowest BCUT2D eigenvalue weighted by Crippen LogP contribution is -2.09. The van der Waals surface area contributed by atoms with Gasteiger partial charge in [-0.3, -0.25) is 4.79 Å². The summed E-state index contributed by atoms with van der Waals surface area (Å²) in [6, 6.07) is 5.15.